The zero-order chi connectivity index (χ0) is 25.3. The maximum absolute atomic E-state index is 11.7. The van der Waals surface area contributed by atoms with Crippen molar-refractivity contribution in [3.8, 4) is 5.75 Å². The van der Waals surface area contributed by atoms with E-state index in [-0.39, 0.29) is 11.3 Å². The van der Waals surface area contributed by atoms with Crippen LogP contribution in [0.4, 0.5) is 0 Å². The zero-order valence-corrected chi connectivity index (χ0v) is 10.4. The van der Waals surface area contributed by atoms with Gasteiger partial charge in [0.15, 0.2) is 0 Å². The Morgan fingerprint density at radius 1 is 1.32 bits per heavy atom. The molecule has 1 unspecified atom stereocenters. The molecule has 3 nitrogen and oxygen atoms in total. The summed E-state index contributed by atoms with van der Waals surface area (Å²) in [5.41, 5.74) is -3.70. The molecule has 0 heterocycles. The van der Waals surface area contributed by atoms with E-state index in [0.717, 1.165) is 31.3 Å². The Balaban J connectivity index is 2.91. The van der Waals surface area contributed by atoms with Gasteiger partial charge in [0.2, 0.25) is 0 Å². The van der Waals surface area contributed by atoms with Crippen LogP contribution in [0.15, 0.2) is 24.3 Å². The molecule has 0 aliphatic heterocycles. The number of nitrogens with zero attached hydrogens (tertiary/aromatic N) is 1. The molecule has 1 aromatic carbocycles. The lowest BCUT2D eigenvalue weighted by atomic mass is 9.72. The van der Waals surface area contributed by atoms with Crippen molar-refractivity contribution in [2.24, 2.45) is 0 Å². The fraction of sp³-hybridized carbons (Fsp3) is 0.625. The Hall–Kier alpha value is -1.06. The molecule has 19 heavy (non-hydrogen) atoms. The maximum Gasteiger partial charge on any atom is 0.115 e. The van der Waals surface area contributed by atoms with Crippen LogP contribution in [-0.4, -0.2) is 41.3 Å². The Kier molecular flexibility index (Phi) is 1.58. The van der Waals surface area contributed by atoms with Crippen molar-refractivity contribution in [2.75, 3.05) is 20.6 Å². The van der Waals surface area contributed by atoms with Gasteiger partial charge in [-0.3, -0.25) is 0 Å². The molecule has 2 rings (SSSR count). The van der Waals surface area contributed by atoms with Crippen LogP contribution in [0.5, 0.6) is 5.75 Å². The quantitative estimate of drug-likeness (QED) is 0.888. The van der Waals surface area contributed by atoms with E-state index < -0.39 is 56.9 Å². The second kappa shape index (κ2) is 5.93. The number of likely N-dealkylation sites (N-methyl/N-ethyl adjacent to an activating group) is 1. The van der Waals surface area contributed by atoms with Crippen molar-refractivity contribution in [1.82, 2.24) is 4.90 Å². The molecule has 106 valence electrons. The minimum absolute atomic E-state index is 0.108. The number of phenolic OH excluding ortho intramolecular Hbond substituents is 1. The Morgan fingerprint density at radius 3 is 2.53 bits per heavy atom. The van der Waals surface area contributed by atoms with E-state index in [2.05, 4.69) is 0 Å². The summed E-state index contributed by atoms with van der Waals surface area (Å²) in [5.74, 6) is -2.14. The van der Waals surface area contributed by atoms with Gasteiger partial charge in [0.1, 0.15) is 5.75 Å². The molecule has 0 radical (unpaired) electrons. The van der Waals surface area contributed by atoms with Crippen LogP contribution in [0, 0.1) is 0 Å². The van der Waals surface area contributed by atoms with Gasteiger partial charge in [0.05, 0.1) is 5.60 Å². The van der Waals surface area contributed by atoms with Gasteiger partial charge in [-0.2, -0.15) is 0 Å². The van der Waals surface area contributed by atoms with Crippen LogP contribution in [-0.2, 0) is 0 Å². The molecule has 0 spiro atoms. The smallest absolute Gasteiger partial charge is 0.115 e. The first-order valence-corrected chi connectivity index (χ1v) is 5.74. The summed E-state index contributed by atoms with van der Waals surface area (Å²) >= 11 is 0. The summed E-state index contributed by atoms with van der Waals surface area (Å²) in [6.07, 6.45) is -18.7. The molecule has 1 aliphatic rings. The highest BCUT2D eigenvalue weighted by Gasteiger charge is 2.38. The first-order chi connectivity index (χ1) is 14.0. The van der Waals surface area contributed by atoms with Crippen molar-refractivity contribution in [3.05, 3.63) is 29.8 Å². The Morgan fingerprint density at radius 2 is 1.95 bits per heavy atom. The van der Waals surface area contributed by atoms with Crippen LogP contribution >= 0.6 is 0 Å². The number of phenols is 1. The molecule has 0 bridgehead atoms. The van der Waals surface area contributed by atoms with E-state index in [1.54, 1.807) is 0 Å². The number of rotatable bonds is 4. The lowest BCUT2D eigenvalue weighted by Gasteiger charge is -2.40. The van der Waals surface area contributed by atoms with Crippen LogP contribution < -0.4 is 0 Å². The molecule has 1 aromatic rings. The molecule has 3 heteroatoms. The molecule has 1 fully saturated rings. The van der Waals surface area contributed by atoms with Gasteiger partial charge in [-0.15, -0.1) is 0 Å². The number of hydrogen-bond donors (Lipinski definition) is 2. The van der Waals surface area contributed by atoms with Crippen molar-refractivity contribution in [2.45, 2.75) is 43.4 Å². The largest absolute Gasteiger partial charge is 0.508 e. The molecule has 1 aliphatic carbocycles. The van der Waals surface area contributed by atoms with Crippen molar-refractivity contribution >= 4 is 0 Å². The third-order valence-electron chi connectivity index (χ3n) is 2.89. The topological polar surface area (TPSA) is 43.7 Å². The number of aromatic hydroxyl groups is 1. The van der Waals surface area contributed by atoms with Gasteiger partial charge in [0.25, 0.3) is 0 Å². The summed E-state index contributed by atoms with van der Waals surface area (Å²) in [4.78, 5) is 0.684. The van der Waals surface area contributed by atoms with Crippen molar-refractivity contribution < 1.29 is 28.0 Å². The van der Waals surface area contributed by atoms with Crippen LogP contribution in [0.25, 0.3) is 0 Å². The molecule has 2 N–H and O–H groups in total. The van der Waals surface area contributed by atoms with Gasteiger partial charge in [-0.05, 0) is 44.5 Å². The van der Waals surface area contributed by atoms with Crippen molar-refractivity contribution in [3.63, 3.8) is 0 Å². The van der Waals surface area contributed by atoms with Gasteiger partial charge >= 0.3 is 0 Å². The summed E-state index contributed by atoms with van der Waals surface area (Å²) in [6.45, 7) is -3.56. The average molecular weight is 276 g/mol. The lowest BCUT2D eigenvalue weighted by Crippen LogP contribution is -2.42. The molecule has 0 saturated heterocycles. The third kappa shape index (κ3) is 3.48. The summed E-state index contributed by atoms with van der Waals surface area (Å²) in [6, 6.07) is 4.51. The van der Waals surface area contributed by atoms with Gasteiger partial charge in [-0.25, -0.2) is 0 Å². The first-order valence-electron chi connectivity index (χ1n) is 12.2. The van der Waals surface area contributed by atoms with E-state index in [1.165, 1.54) is 0 Å². The molecule has 0 amide bonds. The Labute approximate surface area is 134 Å². The van der Waals surface area contributed by atoms with E-state index >= 15 is 0 Å². The number of hydrogen-bond acceptors (Lipinski definition) is 3. The maximum atomic E-state index is 11.7. The molecule has 0 aromatic heterocycles. The van der Waals surface area contributed by atoms with Crippen LogP contribution in [0.2, 0.25) is 0 Å². The van der Waals surface area contributed by atoms with Gasteiger partial charge in [-0.1, -0.05) is 31.3 Å². The molecule has 1 atom stereocenters. The van der Waals surface area contributed by atoms with Gasteiger partial charge in [0, 0.05) is 30.3 Å². The number of benzene rings is 1. The standard InChI is InChI=1S/C16H25NO2/c1-17(2)12-15(13-6-8-14(18)9-7-13)16(19)10-4-3-5-11-16/h6-9,15,18-19H,3-5,10-12H2,1-2H3/i1D3,3D2,4D2,5D2,10D2,11D2. The zero-order valence-electron chi connectivity index (χ0n) is 23.4. The average Bonchev–Trinajstić information content (AvgIpc) is 2.63. The highest BCUT2D eigenvalue weighted by atomic mass is 16.3. The molecular formula is C16H25NO2. The van der Waals surface area contributed by atoms with E-state index in [4.69, 9.17) is 17.8 Å². The van der Waals surface area contributed by atoms with Gasteiger partial charge < -0.3 is 15.1 Å². The predicted octanol–water partition coefficient (Wildman–Crippen LogP) is 2.73. The Bertz CT molecular complexity index is 820. The minimum atomic E-state index is -3.74. The van der Waals surface area contributed by atoms with Crippen LogP contribution in [0.1, 0.15) is 61.2 Å². The summed E-state index contributed by atoms with van der Waals surface area (Å²) < 4.78 is 104. The van der Waals surface area contributed by atoms with E-state index in [0.29, 0.717) is 4.90 Å². The van der Waals surface area contributed by atoms with E-state index in [1.807, 2.05) is 0 Å². The van der Waals surface area contributed by atoms with Crippen LogP contribution in [0.3, 0.4) is 0 Å². The third-order valence-corrected chi connectivity index (χ3v) is 2.89. The second-order valence-electron chi connectivity index (χ2n) is 4.42. The second-order valence-corrected chi connectivity index (χ2v) is 4.42. The first kappa shape index (κ1) is 5.05. The minimum Gasteiger partial charge on any atom is -0.508 e. The predicted molar refractivity (Wildman–Crippen MR) is 77.4 cm³/mol. The van der Waals surface area contributed by atoms with Crippen molar-refractivity contribution in [1.29, 1.82) is 0 Å². The highest BCUT2D eigenvalue weighted by Crippen LogP contribution is 2.40. The molecule has 1 saturated carbocycles. The summed E-state index contributed by atoms with van der Waals surface area (Å²) in [5, 5.41) is 21.2. The molecular weight excluding hydrogens is 238 g/mol. The monoisotopic (exact) mass is 276 g/mol. The lowest BCUT2D eigenvalue weighted by molar-refractivity contribution is -0.0277. The fourth-order valence-electron chi connectivity index (χ4n) is 1.95. The van der Waals surface area contributed by atoms with E-state index in [9.17, 15) is 10.2 Å². The highest BCUT2D eigenvalue weighted by molar-refractivity contribution is 5.30. The summed E-state index contributed by atoms with van der Waals surface area (Å²) in [7, 11) is 1.08. The fourth-order valence-corrected chi connectivity index (χ4v) is 1.95. The number of aliphatic hydroxyl groups is 1. The normalized spacial score (nSPS) is 44.5. The SMILES string of the molecule is [2H]C([2H])([2H])N(C)CC(c1ccc(O)cc1)C1(O)C([2H])([2H])C([2H])([2H])C([2H])([2H])C([2H])([2H])C1([2H])[2H].